The van der Waals surface area contributed by atoms with Gasteiger partial charge in [-0.2, -0.15) is 0 Å². The smallest absolute Gasteiger partial charge is 0.319 e. The fourth-order valence-corrected chi connectivity index (χ4v) is 8.73. The standard InChI is InChI=1S/C43H51N3O5/c1-29-38(25-46-28-43(4)23-35(46)22-42(2,3)27-43)50-40(51-39(29)32-14-12-31(26-47)13-15-32)33-16-10-30(11-17-33)24-44-41(48)45-34-18-20-37(21-19-34)49-36-8-6-5-7-9-36/h5-21,29,35,38-40,47H,22-28H2,1-4H3,(H2,44,45,48)/t29-,35?,38+,39+,40+,43?/m1/s1. The fourth-order valence-electron chi connectivity index (χ4n) is 8.73. The third kappa shape index (κ3) is 8.47. The number of nitrogens with one attached hydrogen (secondary N) is 2. The van der Waals surface area contributed by atoms with E-state index < -0.39 is 6.29 Å². The van der Waals surface area contributed by atoms with E-state index in [4.69, 9.17) is 14.2 Å². The molecule has 1 aliphatic carbocycles. The summed E-state index contributed by atoms with van der Waals surface area (Å²) in [5.41, 5.74) is 5.28. The molecule has 4 aromatic carbocycles. The Morgan fingerprint density at radius 3 is 2.22 bits per heavy atom. The minimum atomic E-state index is -0.526. The first-order valence-corrected chi connectivity index (χ1v) is 18.3. The second-order valence-electron chi connectivity index (χ2n) is 16.0. The van der Waals surface area contributed by atoms with Crippen molar-refractivity contribution in [1.82, 2.24) is 10.2 Å². The average Bonchev–Trinajstić information content (AvgIpc) is 3.36. The fraction of sp³-hybridized carbons (Fsp3) is 0.419. The van der Waals surface area contributed by atoms with Crippen LogP contribution in [0.5, 0.6) is 11.5 Å². The van der Waals surface area contributed by atoms with Crippen LogP contribution in [0.15, 0.2) is 103 Å². The Balaban J connectivity index is 0.992. The lowest BCUT2D eigenvalue weighted by molar-refractivity contribution is -0.276. The number of rotatable bonds is 10. The van der Waals surface area contributed by atoms with Gasteiger partial charge in [0, 0.05) is 42.8 Å². The maximum atomic E-state index is 12.7. The summed E-state index contributed by atoms with van der Waals surface area (Å²) in [6, 6.07) is 33.4. The Bertz CT molecular complexity index is 1760. The molecule has 51 heavy (non-hydrogen) atoms. The van der Waals surface area contributed by atoms with Crippen molar-refractivity contribution in [2.75, 3.05) is 18.4 Å². The summed E-state index contributed by atoms with van der Waals surface area (Å²) < 4.78 is 19.4. The van der Waals surface area contributed by atoms with E-state index >= 15 is 0 Å². The summed E-state index contributed by atoms with van der Waals surface area (Å²) >= 11 is 0. The second-order valence-corrected chi connectivity index (χ2v) is 16.0. The van der Waals surface area contributed by atoms with Gasteiger partial charge in [0.25, 0.3) is 0 Å². The normalized spacial score (nSPS) is 27.1. The van der Waals surface area contributed by atoms with Crippen LogP contribution in [-0.4, -0.2) is 41.3 Å². The molecule has 0 spiro atoms. The molecule has 8 nitrogen and oxygen atoms in total. The molecule has 2 saturated heterocycles. The van der Waals surface area contributed by atoms with Gasteiger partial charge in [-0.05, 0) is 83.2 Å². The van der Waals surface area contributed by atoms with Gasteiger partial charge in [0.1, 0.15) is 11.5 Å². The van der Waals surface area contributed by atoms with Crippen LogP contribution in [0.4, 0.5) is 10.5 Å². The van der Waals surface area contributed by atoms with Gasteiger partial charge in [-0.25, -0.2) is 4.79 Å². The molecule has 1 saturated carbocycles. The number of para-hydroxylation sites is 1. The molecule has 0 aromatic heterocycles. The Morgan fingerprint density at radius 1 is 0.843 bits per heavy atom. The molecule has 7 rings (SSSR count). The van der Waals surface area contributed by atoms with Crippen LogP contribution >= 0.6 is 0 Å². The second kappa shape index (κ2) is 14.8. The molecular formula is C43H51N3O5. The number of nitrogens with zero attached hydrogens (tertiary/aromatic N) is 1. The molecule has 2 amide bonds. The lowest BCUT2D eigenvalue weighted by Gasteiger charge is -2.43. The molecule has 2 bridgehead atoms. The number of anilines is 1. The van der Waals surface area contributed by atoms with Crippen LogP contribution in [0.2, 0.25) is 0 Å². The van der Waals surface area contributed by atoms with Crippen molar-refractivity contribution >= 4 is 11.7 Å². The van der Waals surface area contributed by atoms with E-state index in [9.17, 15) is 9.90 Å². The van der Waals surface area contributed by atoms with Gasteiger partial charge in [-0.1, -0.05) is 94.4 Å². The molecule has 268 valence electrons. The van der Waals surface area contributed by atoms with E-state index in [0.29, 0.717) is 34.9 Å². The monoisotopic (exact) mass is 689 g/mol. The van der Waals surface area contributed by atoms with Crippen molar-refractivity contribution in [2.45, 2.75) is 84.6 Å². The van der Waals surface area contributed by atoms with E-state index in [0.717, 1.165) is 41.1 Å². The summed E-state index contributed by atoms with van der Waals surface area (Å²) in [6.45, 7) is 11.9. The number of aliphatic hydroxyl groups excluding tert-OH is 1. The van der Waals surface area contributed by atoms with Gasteiger partial charge in [-0.15, -0.1) is 0 Å². The van der Waals surface area contributed by atoms with Crippen LogP contribution in [-0.2, 0) is 22.6 Å². The predicted octanol–water partition coefficient (Wildman–Crippen LogP) is 8.98. The highest BCUT2D eigenvalue weighted by Gasteiger charge is 2.51. The zero-order chi connectivity index (χ0) is 35.6. The maximum absolute atomic E-state index is 12.7. The van der Waals surface area contributed by atoms with Crippen LogP contribution in [0.25, 0.3) is 0 Å². The molecule has 2 unspecified atom stereocenters. The molecule has 6 atom stereocenters. The molecule has 3 aliphatic rings. The molecule has 0 radical (unpaired) electrons. The number of benzene rings is 4. The number of amides is 2. The van der Waals surface area contributed by atoms with Crippen molar-refractivity contribution in [1.29, 1.82) is 0 Å². The molecule has 4 aromatic rings. The topological polar surface area (TPSA) is 92.3 Å². The van der Waals surface area contributed by atoms with Gasteiger partial charge >= 0.3 is 6.03 Å². The lowest BCUT2D eigenvalue weighted by Crippen LogP contribution is -2.46. The quantitative estimate of drug-likeness (QED) is 0.154. The predicted molar refractivity (Wildman–Crippen MR) is 199 cm³/mol. The maximum Gasteiger partial charge on any atom is 0.319 e. The van der Waals surface area contributed by atoms with Crippen LogP contribution in [0, 0.1) is 16.7 Å². The summed E-state index contributed by atoms with van der Waals surface area (Å²) in [4.78, 5) is 15.4. The summed E-state index contributed by atoms with van der Waals surface area (Å²) in [6.07, 6.45) is 3.05. The SMILES string of the molecule is C[C@@H]1[C@H](CN2CC3(C)CC2CC(C)(C)C3)O[C@H](c2ccc(CNC(=O)Nc3ccc(Oc4ccccc4)cc3)cc2)O[C@@H]1c1ccc(CO)cc1. The molecular weight excluding hydrogens is 638 g/mol. The highest BCUT2D eigenvalue weighted by Crippen LogP contribution is 2.53. The number of hydrogen-bond donors (Lipinski definition) is 3. The summed E-state index contributed by atoms with van der Waals surface area (Å²) in [5.74, 6) is 1.59. The number of ether oxygens (including phenoxy) is 3. The van der Waals surface area contributed by atoms with Gasteiger partial charge in [-0.3, -0.25) is 4.90 Å². The first-order chi connectivity index (χ1) is 24.5. The Hall–Kier alpha value is -4.21. The molecule has 2 aliphatic heterocycles. The van der Waals surface area contributed by atoms with E-state index in [1.54, 1.807) is 0 Å². The minimum absolute atomic E-state index is 0.0127. The van der Waals surface area contributed by atoms with Gasteiger partial charge in [0.05, 0.1) is 18.8 Å². The zero-order valence-electron chi connectivity index (χ0n) is 30.2. The summed E-state index contributed by atoms with van der Waals surface area (Å²) in [5, 5.41) is 15.5. The van der Waals surface area contributed by atoms with Crippen molar-refractivity contribution in [3.63, 3.8) is 0 Å². The molecule has 3 N–H and O–H groups in total. The molecule has 2 heterocycles. The summed E-state index contributed by atoms with van der Waals surface area (Å²) in [7, 11) is 0. The molecule has 3 fully saturated rings. The van der Waals surface area contributed by atoms with E-state index in [1.807, 2.05) is 91.0 Å². The number of carbonyl (C=O) groups is 1. The first kappa shape index (κ1) is 35.2. The highest BCUT2D eigenvalue weighted by molar-refractivity contribution is 5.89. The zero-order valence-corrected chi connectivity index (χ0v) is 30.2. The minimum Gasteiger partial charge on any atom is -0.457 e. The average molecular weight is 690 g/mol. The van der Waals surface area contributed by atoms with Crippen LogP contribution in [0.1, 0.15) is 81.6 Å². The third-order valence-corrected chi connectivity index (χ3v) is 10.9. The number of hydrogen-bond acceptors (Lipinski definition) is 6. The van der Waals surface area contributed by atoms with E-state index in [2.05, 4.69) is 55.4 Å². The first-order valence-electron chi connectivity index (χ1n) is 18.3. The van der Waals surface area contributed by atoms with Crippen LogP contribution in [0.3, 0.4) is 0 Å². The van der Waals surface area contributed by atoms with Gasteiger partial charge in [0.15, 0.2) is 6.29 Å². The molecule has 8 heteroatoms. The number of carbonyl (C=O) groups excluding carboxylic acids is 1. The number of fused-ring (bicyclic) bond motifs is 2. The van der Waals surface area contributed by atoms with Crippen LogP contribution < -0.4 is 15.4 Å². The third-order valence-electron chi connectivity index (χ3n) is 10.9. The van der Waals surface area contributed by atoms with Crippen molar-refractivity contribution in [3.8, 4) is 11.5 Å². The van der Waals surface area contributed by atoms with E-state index in [-0.39, 0.29) is 30.8 Å². The van der Waals surface area contributed by atoms with Gasteiger partial charge < -0.3 is 30.0 Å². The number of likely N-dealkylation sites (tertiary alicyclic amines) is 1. The largest absolute Gasteiger partial charge is 0.457 e. The Kier molecular flexibility index (Phi) is 10.2. The lowest BCUT2D eigenvalue weighted by atomic mass is 9.65. The number of aliphatic hydroxyl groups is 1. The number of urea groups is 1. The van der Waals surface area contributed by atoms with Crippen molar-refractivity contribution < 1.29 is 24.1 Å². The van der Waals surface area contributed by atoms with E-state index in [1.165, 1.54) is 19.3 Å². The Morgan fingerprint density at radius 2 is 1.51 bits per heavy atom. The van der Waals surface area contributed by atoms with Crippen molar-refractivity contribution in [2.24, 2.45) is 16.7 Å². The highest BCUT2D eigenvalue weighted by atomic mass is 16.7. The Labute approximate surface area is 302 Å². The van der Waals surface area contributed by atoms with Crippen molar-refractivity contribution in [3.05, 3.63) is 125 Å². The van der Waals surface area contributed by atoms with Gasteiger partial charge in [0.2, 0.25) is 0 Å².